The van der Waals surface area contributed by atoms with Gasteiger partial charge in [-0.15, -0.1) is 0 Å². The van der Waals surface area contributed by atoms with Crippen molar-refractivity contribution in [3.8, 4) is 0 Å². The minimum atomic E-state index is -2.66. The Morgan fingerprint density at radius 3 is 2.00 bits per heavy atom. The van der Waals surface area contributed by atoms with Gasteiger partial charge in [0.1, 0.15) is 0 Å². The molecule has 0 radical (unpaired) electrons. The molecule has 2 N–H and O–H groups in total. The van der Waals surface area contributed by atoms with Crippen molar-refractivity contribution in [2.24, 2.45) is 0 Å². The van der Waals surface area contributed by atoms with Crippen molar-refractivity contribution in [3.63, 3.8) is 0 Å². The van der Waals surface area contributed by atoms with Gasteiger partial charge in [0, 0.05) is 28.4 Å². The van der Waals surface area contributed by atoms with Crippen LogP contribution in [0.5, 0.6) is 0 Å². The topological polar surface area (TPSA) is 51.8 Å². The molecule has 15 heavy (non-hydrogen) atoms. The van der Waals surface area contributed by atoms with Crippen molar-refractivity contribution in [1.29, 1.82) is 0 Å². The van der Waals surface area contributed by atoms with E-state index in [1.54, 1.807) is 28.4 Å². The van der Waals surface area contributed by atoms with E-state index in [0.29, 0.717) is 5.11 Å². The number of rotatable bonds is 6. The van der Waals surface area contributed by atoms with Crippen molar-refractivity contribution in [3.05, 3.63) is 0 Å². The van der Waals surface area contributed by atoms with Gasteiger partial charge in [0.2, 0.25) is 0 Å². The van der Waals surface area contributed by atoms with Crippen LogP contribution in [0.15, 0.2) is 0 Å². The first-order valence-electron chi connectivity index (χ1n) is 4.73. The quantitative estimate of drug-likeness (QED) is 0.523. The van der Waals surface area contributed by atoms with Crippen LogP contribution in [-0.2, 0) is 13.3 Å². The molecule has 0 heterocycles. The number of thiocarbonyl (C=S) groups is 1. The number of hydrogen-bond donors (Lipinski definition) is 2. The molecule has 0 aromatic carbocycles. The summed E-state index contributed by atoms with van der Waals surface area (Å²) in [4.78, 5) is 0. The highest BCUT2D eigenvalue weighted by Crippen LogP contribution is 2.14. The normalized spacial score (nSPS) is 13.4. The summed E-state index contributed by atoms with van der Waals surface area (Å²) in [5, 5.41) is 6.53. The van der Waals surface area contributed by atoms with E-state index in [2.05, 4.69) is 10.6 Å². The summed E-state index contributed by atoms with van der Waals surface area (Å²) >= 11 is 5.04. The Morgan fingerprint density at radius 1 is 1.27 bits per heavy atom. The predicted molar refractivity (Wildman–Crippen MR) is 65.7 cm³/mol. The lowest BCUT2D eigenvalue weighted by atomic mass is 10.5. The molecule has 0 amide bonds. The molecule has 0 aliphatic carbocycles. The highest BCUT2D eigenvalue weighted by atomic mass is 32.1. The zero-order valence-corrected chi connectivity index (χ0v) is 11.7. The van der Waals surface area contributed by atoms with Crippen molar-refractivity contribution >= 4 is 26.1 Å². The van der Waals surface area contributed by atoms with E-state index in [9.17, 15) is 0 Å². The first kappa shape index (κ1) is 14.8. The van der Waals surface area contributed by atoms with Gasteiger partial charge in [-0.05, 0) is 18.6 Å². The lowest BCUT2D eigenvalue weighted by Gasteiger charge is -2.32. The first-order valence-corrected chi connectivity index (χ1v) is 6.94. The summed E-state index contributed by atoms with van der Waals surface area (Å²) in [5.41, 5.74) is -0.0440. The molecule has 0 fully saturated rings. The van der Waals surface area contributed by atoms with Gasteiger partial charge in [0.25, 0.3) is 0 Å². The standard InChI is InChI=1S/C8H20N2O3SSi/c1-6-7(10-8(14)9-2)15(11-3,12-4)13-5/h7H,6H2,1-5H3,(H2,9,10,14). The van der Waals surface area contributed by atoms with E-state index in [-0.39, 0.29) is 5.67 Å². The lowest BCUT2D eigenvalue weighted by molar-refractivity contribution is 0.109. The third-order valence-corrected chi connectivity index (χ3v) is 5.66. The molecule has 0 aliphatic rings. The van der Waals surface area contributed by atoms with Crippen LogP contribution < -0.4 is 10.6 Å². The zero-order chi connectivity index (χ0) is 11.9. The van der Waals surface area contributed by atoms with Crippen LogP contribution in [0, 0.1) is 0 Å². The maximum Gasteiger partial charge on any atom is 0.523 e. The van der Waals surface area contributed by atoms with E-state index in [0.717, 1.165) is 6.42 Å². The van der Waals surface area contributed by atoms with Crippen LogP contribution in [0.25, 0.3) is 0 Å². The van der Waals surface area contributed by atoms with Gasteiger partial charge in [-0.1, -0.05) is 6.92 Å². The Kier molecular flexibility index (Phi) is 7.02. The van der Waals surface area contributed by atoms with E-state index >= 15 is 0 Å². The summed E-state index contributed by atoms with van der Waals surface area (Å²) in [6.07, 6.45) is 0.809. The minimum Gasteiger partial charge on any atom is -0.376 e. The average Bonchev–Trinajstić information content (AvgIpc) is 2.29. The highest BCUT2D eigenvalue weighted by Gasteiger charge is 2.46. The maximum absolute atomic E-state index is 5.38. The largest absolute Gasteiger partial charge is 0.523 e. The molecule has 0 saturated carbocycles. The Balaban J connectivity index is 4.66. The van der Waals surface area contributed by atoms with Gasteiger partial charge in [-0.3, -0.25) is 0 Å². The molecule has 0 aromatic heterocycles. The van der Waals surface area contributed by atoms with E-state index in [1.165, 1.54) is 0 Å². The molecule has 7 heteroatoms. The van der Waals surface area contributed by atoms with Gasteiger partial charge in [-0.25, -0.2) is 0 Å². The van der Waals surface area contributed by atoms with Crippen LogP contribution in [-0.4, -0.2) is 48.0 Å². The summed E-state index contributed by atoms with van der Waals surface area (Å²) in [7, 11) is 3.86. The summed E-state index contributed by atoms with van der Waals surface area (Å²) in [5.74, 6) is 0. The molecule has 1 atom stereocenters. The van der Waals surface area contributed by atoms with Crippen LogP contribution >= 0.6 is 12.2 Å². The van der Waals surface area contributed by atoms with Gasteiger partial charge >= 0.3 is 8.80 Å². The molecule has 0 spiro atoms. The summed E-state index contributed by atoms with van der Waals surface area (Å²) in [6.45, 7) is 2.02. The average molecular weight is 252 g/mol. The first-order chi connectivity index (χ1) is 7.10. The smallest absolute Gasteiger partial charge is 0.376 e. The highest BCUT2D eigenvalue weighted by molar-refractivity contribution is 7.80. The van der Waals surface area contributed by atoms with Gasteiger partial charge in [0.15, 0.2) is 5.11 Å². The molecule has 0 saturated heterocycles. The van der Waals surface area contributed by atoms with Crippen LogP contribution in [0.2, 0.25) is 0 Å². The maximum atomic E-state index is 5.38. The lowest BCUT2D eigenvalue weighted by Crippen LogP contribution is -2.62. The number of hydrogen-bond acceptors (Lipinski definition) is 4. The van der Waals surface area contributed by atoms with E-state index < -0.39 is 8.80 Å². The molecular formula is C8H20N2O3SSi. The molecule has 0 aromatic rings. The van der Waals surface area contributed by atoms with Crippen LogP contribution in [0.1, 0.15) is 13.3 Å². The van der Waals surface area contributed by atoms with E-state index in [1.807, 2.05) is 6.92 Å². The third-order valence-electron chi connectivity index (χ3n) is 2.22. The molecule has 0 aliphatic heterocycles. The second-order valence-electron chi connectivity index (χ2n) is 2.90. The fourth-order valence-electron chi connectivity index (χ4n) is 1.35. The van der Waals surface area contributed by atoms with Crippen molar-refractivity contribution in [2.75, 3.05) is 28.4 Å². The zero-order valence-electron chi connectivity index (χ0n) is 9.92. The Labute approximate surface area is 97.8 Å². The Bertz CT molecular complexity index is 194. The SMILES string of the molecule is CCC(NC(=S)NC)[Si](OC)(OC)OC. The van der Waals surface area contributed by atoms with Crippen molar-refractivity contribution in [2.45, 2.75) is 19.0 Å². The summed E-state index contributed by atoms with van der Waals surface area (Å²) < 4.78 is 16.1. The minimum absolute atomic E-state index is 0.0440. The van der Waals surface area contributed by atoms with Crippen LogP contribution in [0.4, 0.5) is 0 Å². The summed E-state index contributed by atoms with van der Waals surface area (Å²) in [6, 6.07) is 0. The fourth-order valence-corrected chi connectivity index (χ4v) is 3.77. The molecule has 90 valence electrons. The monoisotopic (exact) mass is 252 g/mol. The molecule has 0 rings (SSSR count). The van der Waals surface area contributed by atoms with Gasteiger partial charge in [-0.2, -0.15) is 0 Å². The Morgan fingerprint density at radius 2 is 1.73 bits per heavy atom. The second-order valence-corrected chi connectivity index (χ2v) is 6.44. The molecule has 0 bridgehead atoms. The predicted octanol–water partition coefficient (Wildman–Crippen LogP) is 0.276. The van der Waals surface area contributed by atoms with E-state index in [4.69, 9.17) is 25.5 Å². The third kappa shape index (κ3) is 3.69. The van der Waals surface area contributed by atoms with Gasteiger partial charge in [0.05, 0.1) is 5.67 Å². The van der Waals surface area contributed by atoms with Crippen molar-refractivity contribution in [1.82, 2.24) is 10.6 Å². The van der Waals surface area contributed by atoms with Crippen LogP contribution in [0.3, 0.4) is 0 Å². The van der Waals surface area contributed by atoms with Gasteiger partial charge < -0.3 is 23.9 Å². The second kappa shape index (κ2) is 7.13. The fraction of sp³-hybridized carbons (Fsp3) is 0.875. The molecule has 5 nitrogen and oxygen atoms in total. The molecule has 1 unspecified atom stereocenters. The van der Waals surface area contributed by atoms with Crippen molar-refractivity contribution < 1.29 is 13.3 Å². The molecular weight excluding hydrogens is 232 g/mol. The number of nitrogens with one attached hydrogen (secondary N) is 2. The Hall–Kier alpha value is -0.213.